The summed E-state index contributed by atoms with van der Waals surface area (Å²) in [6, 6.07) is 14.1. The molecule has 35 heavy (non-hydrogen) atoms. The highest BCUT2D eigenvalue weighted by molar-refractivity contribution is 5.96. The van der Waals surface area contributed by atoms with Crippen molar-refractivity contribution in [1.29, 1.82) is 0 Å². The Hall–Kier alpha value is -3.52. The first-order chi connectivity index (χ1) is 17.1. The maximum absolute atomic E-state index is 13.4. The Bertz CT molecular complexity index is 1180. The molecule has 2 aliphatic heterocycles. The summed E-state index contributed by atoms with van der Waals surface area (Å²) in [6.07, 6.45) is 4.18. The molecule has 1 aromatic carbocycles. The first-order valence-electron chi connectivity index (χ1n) is 12.3. The molecule has 2 amide bonds. The average Bonchev–Trinajstić information content (AvgIpc) is 3.27. The van der Waals surface area contributed by atoms with Gasteiger partial charge in [-0.15, -0.1) is 0 Å². The van der Waals surface area contributed by atoms with Gasteiger partial charge in [0.15, 0.2) is 5.69 Å². The summed E-state index contributed by atoms with van der Waals surface area (Å²) in [5.41, 5.74) is 5.15. The van der Waals surface area contributed by atoms with E-state index in [9.17, 15) is 9.59 Å². The van der Waals surface area contributed by atoms with Crippen LogP contribution in [0.5, 0.6) is 0 Å². The third-order valence-corrected chi connectivity index (χ3v) is 6.76. The second-order valence-corrected chi connectivity index (χ2v) is 9.16. The highest BCUT2D eigenvalue weighted by Crippen LogP contribution is 2.26. The zero-order valence-electron chi connectivity index (χ0n) is 20.2. The van der Waals surface area contributed by atoms with Crippen LogP contribution >= 0.6 is 0 Å². The predicted octanol–water partition coefficient (Wildman–Crippen LogP) is 2.89. The monoisotopic (exact) mass is 473 g/mol. The number of ether oxygens (including phenoxy) is 1. The van der Waals surface area contributed by atoms with Gasteiger partial charge in [-0.2, -0.15) is 5.10 Å². The Morgan fingerprint density at radius 1 is 0.971 bits per heavy atom. The van der Waals surface area contributed by atoms with Crippen LogP contribution in [0.4, 0.5) is 0 Å². The SMILES string of the molecule is Cc1ccc(C(=O)N2CCc3c(c(C(=O)N4CCOCC4)nn3CCCc3ccccc3)C2)cn1. The van der Waals surface area contributed by atoms with Crippen LogP contribution in [-0.4, -0.2) is 69.2 Å². The van der Waals surface area contributed by atoms with Gasteiger partial charge in [-0.1, -0.05) is 30.3 Å². The second kappa shape index (κ2) is 10.4. The molecule has 5 rings (SSSR count). The van der Waals surface area contributed by atoms with Gasteiger partial charge in [0.2, 0.25) is 0 Å². The molecule has 0 radical (unpaired) electrons. The molecule has 0 spiro atoms. The molecule has 8 heteroatoms. The maximum Gasteiger partial charge on any atom is 0.274 e. The number of fused-ring (bicyclic) bond motifs is 1. The lowest BCUT2D eigenvalue weighted by Gasteiger charge is -2.29. The van der Waals surface area contributed by atoms with Crippen LogP contribution in [0.15, 0.2) is 48.7 Å². The molecule has 1 saturated heterocycles. The molecule has 0 bridgehead atoms. The van der Waals surface area contributed by atoms with Crippen molar-refractivity contribution >= 4 is 11.8 Å². The Kier molecular flexibility index (Phi) is 6.90. The number of carbonyl (C=O) groups is 2. The van der Waals surface area contributed by atoms with Crippen molar-refractivity contribution in [3.05, 3.63) is 82.4 Å². The molecule has 0 aliphatic carbocycles. The van der Waals surface area contributed by atoms with Gasteiger partial charge >= 0.3 is 0 Å². The lowest BCUT2D eigenvalue weighted by molar-refractivity contribution is 0.0296. The standard InChI is InChI=1S/C27H31N5O3/c1-20-9-10-22(18-28-20)26(33)31-13-11-24-23(19-31)25(27(34)30-14-16-35-17-15-30)29-32(24)12-5-8-21-6-3-2-4-7-21/h2-4,6-7,9-10,18H,5,8,11-17,19H2,1H3. The van der Waals surface area contributed by atoms with Crippen LogP contribution < -0.4 is 0 Å². The number of morpholine rings is 1. The van der Waals surface area contributed by atoms with Crippen molar-refractivity contribution in [2.45, 2.75) is 39.3 Å². The fraction of sp³-hybridized carbons (Fsp3) is 0.407. The quantitative estimate of drug-likeness (QED) is 0.550. The molecule has 1 fully saturated rings. The van der Waals surface area contributed by atoms with Gasteiger partial charge in [0.25, 0.3) is 11.8 Å². The van der Waals surface area contributed by atoms with Crippen LogP contribution in [0.2, 0.25) is 0 Å². The number of aromatic nitrogens is 3. The number of rotatable bonds is 6. The lowest BCUT2D eigenvalue weighted by Crippen LogP contribution is -2.42. The number of pyridine rings is 1. The van der Waals surface area contributed by atoms with Gasteiger partial charge in [0, 0.05) is 55.7 Å². The Balaban J connectivity index is 1.38. The smallest absolute Gasteiger partial charge is 0.274 e. The molecule has 0 saturated carbocycles. The van der Waals surface area contributed by atoms with Crippen LogP contribution in [0.25, 0.3) is 0 Å². The first kappa shape index (κ1) is 23.2. The molecule has 0 atom stereocenters. The van der Waals surface area contributed by atoms with Crippen molar-refractivity contribution in [1.82, 2.24) is 24.6 Å². The summed E-state index contributed by atoms with van der Waals surface area (Å²) < 4.78 is 7.43. The van der Waals surface area contributed by atoms with E-state index in [1.165, 1.54) is 5.56 Å². The molecule has 3 aromatic rings. The molecule has 0 N–H and O–H groups in total. The molecule has 2 aliphatic rings. The van der Waals surface area contributed by atoms with Gasteiger partial charge < -0.3 is 14.5 Å². The predicted molar refractivity (Wildman–Crippen MR) is 131 cm³/mol. The third-order valence-electron chi connectivity index (χ3n) is 6.76. The topological polar surface area (TPSA) is 80.6 Å². The van der Waals surface area contributed by atoms with E-state index in [0.29, 0.717) is 57.1 Å². The van der Waals surface area contributed by atoms with E-state index in [1.807, 2.05) is 34.7 Å². The number of hydrogen-bond donors (Lipinski definition) is 0. The van der Waals surface area contributed by atoms with E-state index in [1.54, 1.807) is 11.1 Å². The fourth-order valence-electron chi connectivity index (χ4n) is 4.79. The van der Waals surface area contributed by atoms with E-state index < -0.39 is 0 Å². The summed E-state index contributed by atoms with van der Waals surface area (Å²) in [5.74, 6) is -0.137. The van der Waals surface area contributed by atoms with Crippen LogP contribution in [-0.2, 0) is 30.7 Å². The largest absolute Gasteiger partial charge is 0.378 e. The van der Waals surface area contributed by atoms with Crippen molar-refractivity contribution in [3.8, 4) is 0 Å². The van der Waals surface area contributed by atoms with E-state index in [0.717, 1.165) is 36.3 Å². The van der Waals surface area contributed by atoms with Gasteiger partial charge in [-0.05, 0) is 37.5 Å². The fourth-order valence-corrected chi connectivity index (χ4v) is 4.79. The maximum atomic E-state index is 13.4. The molecule has 182 valence electrons. The normalized spacial score (nSPS) is 15.7. The number of aryl methyl sites for hydroxylation is 3. The third kappa shape index (κ3) is 5.12. The zero-order valence-corrected chi connectivity index (χ0v) is 20.2. The second-order valence-electron chi connectivity index (χ2n) is 9.16. The van der Waals surface area contributed by atoms with Gasteiger partial charge in [0.05, 0.1) is 25.3 Å². The highest BCUT2D eigenvalue weighted by atomic mass is 16.5. The summed E-state index contributed by atoms with van der Waals surface area (Å²) in [6.45, 7) is 5.81. The van der Waals surface area contributed by atoms with Crippen LogP contribution in [0.1, 0.15) is 49.8 Å². The molecular formula is C27H31N5O3. The highest BCUT2D eigenvalue weighted by Gasteiger charge is 2.32. The van der Waals surface area contributed by atoms with Crippen LogP contribution in [0, 0.1) is 6.92 Å². The summed E-state index contributed by atoms with van der Waals surface area (Å²) in [5, 5.41) is 4.81. The van der Waals surface area contributed by atoms with Crippen LogP contribution in [0.3, 0.4) is 0 Å². The molecular weight excluding hydrogens is 442 g/mol. The number of hydrogen-bond acceptors (Lipinski definition) is 5. The summed E-state index contributed by atoms with van der Waals surface area (Å²) in [4.78, 5) is 34.5. The zero-order chi connectivity index (χ0) is 24.2. The minimum absolute atomic E-state index is 0.0650. The van der Waals surface area contributed by atoms with Crippen molar-refractivity contribution in [3.63, 3.8) is 0 Å². The molecule has 2 aromatic heterocycles. The van der Waals surface area contributed by atoms with E-state index >= 15 is 0 Å². The Labute approximate surface area is 205 Å². The minimum Gasteiger partial charge on any atom is -0.378 e. The molecule has 0 unspecified atom stereocenters. The number of benzene rings is 1. The van der Waals surface area contributed by atoms with Gasteiger partial charge in [-0.3, -0.25) is 19.3 Å². The van der Waals surface area contributed by atoms with Crippen molar-refractivity contribution in [2.75, 3.05) is 32.8 Å². The van der Waals surface area contributed by atoms with E-state index in [4.69, 9.17) is 9.84 Å². The Morgan fingerprint density at radius 3 is 2.51 bits per heavy atom. The first-order valence-corrected chi connectivity index (χ1v) is 12.3. The molecule has 4 heterocycles. The van der Waals surface area contributed by atoms with E-state index in [-0.39, 0.29) is 11.8 Å². The van der Waals surface area contributed by atoms with Gasteiger partial charge in [0.1, 0.15) is 0 Å². The number of amides is 2. The number of carbonyl (C=O) groups excluding carboxylic acids is 2. The minimum atomic E-state index is -0.0716. The molecule has 8 nitrogen and oxygen atoms in total. The summed E-state index contributed by atoms with van der Waals surface area (Å²) >= 11 is 0. The Morgan fingerprint density at radius 2 is 1.77 bits per heavy atom. The average molecular weight is 474 g/mol. The van der Waals surface area contributed by atoms with Crippen molar-refractivity contribution in [2.24, 2.45) is 0 Å². The lowest BCUT2D eigenvalue weighted by atomic mass is 10.0. The number of nitrogens with zero attached hydrogens (tertiary/aromatic N) is 5. The summed E-state index contributed by atoms with van der Waals surface area (Å²) in [7, 11) is 0. The van der Waals surface area contributed by atoms with Gasteiger partial charge in [-0.25, -0.2) is 0 Å². The van der Waals surface area contributed by atoms with Crippen molar-refractivity contribution < 1.29 is 14.3 Å². The van der Waals surface area contributed by atoms with E-state index in [2.05, 4.69) is 29.2 Å².